The van der Waals surface area contributed by atoms with Gasteiger partial charge in [-0.05, 0) is 6.04 Å². The molecule has 0 heterocycles. The van der Waals surface area contributed by atoms with Crippen LogP contribution in [0.4, 0.5) is 0 Å². The van der Waals surface area contributed by atoms with Crippen molar-refractivity contribution in [3.63, 3.8) is 0 Å². The Morgan fingerprint density at radius 3 is 1.64 bits per heavy atom. The van der Waals surface area contributed by atoms with Crippen LogP contribution < -0.4 is 0 Å². The quantitative estimate of drug-likeness (QED) is 0.405. The molecule has 0 bridgehead atoms. The zero-order valence-corrected chi connectivity index (χ0v) is 10.4. The van der Waals surface area contributed by atoms with E-state index in [1.54, 1.807) is 0 Å². The lowest BCUT2D eigenvalue weighted by molar-refractivity contribution is -0.157. The number of hydrogen-bond donors (Lipinski definition) is 0. The van der Waals surface area contributed by atoms with Crippen molar-refractivity contribution in [1.29, 1.82) is 0 Å². The molecule has 0 rings (SSSR count). The molecule has 0 saturated heterocycles. The second-order valence-corrected chi connectivity index (χ2v) is 9.89. The topological polar surface area (TPSA) is 52.6 Å². The number of hydrogen-bond acceptors (Lipinski definition) is 4. The van der Waals surface area contributed by atoms with Gasteiger partial charge in [0.25, 0.3) is 0 Å². The third-order valence-corrected chi connectivity index (χ3v) is 3.42. The zero-order chi connectivity index (χ0) is 11.4. The maximum absolute atomic E-state index is 11.3. The van der Waals surface area contributed by atoms with E-state index in [4.69, 9.17) is 0 Å². The predicted molar refractivity (Wildman–Crippen MR) is 55.7 cm³/mol. The number of rotatable bonds is 4. The van der Waals surface area contributed by atoms with E-state index < -0.39 is 25.9 Å². The molecule has 82 valence electrons. The van der Waals surface area contributed by atoms with Crippen LogP contribution in [0.15, 0.2) is 0 Å². The van der Waals surface area contributed by atoms with Crippen LogP contribution in [0.25, 0.3) is 0 Å². The number of ether oxygens (including phenoxy) is 2. The van der Waals surface area contributed by atoms with Crippen LogP contribution in [0.5, 0.6) is 0 Å². The van der Waals surface area contributed by atoms with E-state index in [1.165, 1.54) is 14.2 Å². The molecular formula is C9H18O4Si. The largest absolute Gasteiger partial charge is 0.468 e. The van der Waals surface area contributed by atoms with E-state index in [2.05, 4.69) is 29.1 Å². The molecule has 0 radical (unpaired) electrons. The van der Waals surface area contributed by atoms with Crippen molar-refractivity contribution < 1.29 is 19.1 Å². The standard InChI is InChI=1S/C9H18O4Si/c1-12-8(10)7(9(11)13-2)6-14(3,4)5/h7H,6H2,1-5H3. The Kier molecular flexibility index (Phi) is 4.83. The Hall–Kier alpha value is -0.843. The summed E-state index contributed by atoms with van der Waals surface area (Å²) in [6, 6.07) is 0.562. The Bertz CT molecular complexity index is 203. The van der Waals surface area contributed by atoms with Gasteiger partial charge in [0.1, 0.15) is 0 Å². The number of esters is 2. The highest BCUT2D eigenvalue weighted by Gasteiger charge is 2.33. The van der Waals surface area contributed by atoms with Crippen molar-refractivity contribution in [2.24, 2.45) is 5.92 Å². The van der Waals surface area contributed by atoms with Crippen LogP contribution in [0.3, 0.4) is 0 Å². The lowest BCUT2D eigenvalue weighted by Crippen LogP contribution is -2.34. The maximum Gasteiger partial charge on any atom is 0.319 e. The lowest BCUT2D eigenvalue weighted by atomic mass is 10.2. The van der Waals surface area contributed by atoms with Crippen LogP contribution in [-0.4, -0.2) is 34.2 Å². The molecule has 14 heavy (non-hydrogen) atoms. The molecule has 0 aromatic heterocycles. The highest BCUT2D eigenvalue weighted by molar-refractivity contribution is 6.76. The van der Waals surface area contributed by atoms with E-state index in [0.717, 1.165) is 0 Å². The average molecular weight is 218 g/mol. The third kappa shape index (κ3) is 4.41. The number of carbonyl (C=O) groups excluding carboxylic acids is 2. The van der Waals surface area contributed by atoms with E-state index in [9.17, 15) is 9.59 Å². The van der Waals surface area contributed by atoms with Crippen molar-refractivity contribution in [2.75, 3.05) is 14.2 Å². The van der Waals surface area contributed by atoms with Gasteiger partial charge in [0.05, 0.1) is 14.2 Å². The molecule has 4 nitrogen and oxygen atoms in total. The van der Waals surface area contributed by atoms with E-state index in [1.807, 2.05) is 0 Å². The Morgan fingerprint density at radius 2 is 1.43 bits per heavy atom. The third-order valence-electron chi connectivity index (χ3n) is 1.79. The normalized spacial score (nSPS) is 11.3. The highest BCUT2D eigenvalue weighted by Crippen LogP contribution is 2.19. The summed E-state index contributed by atoms with van der Waals surface area (Å²) in [5, 5.41) is 0. The first-order valence-electron chi connectivity index (χ1n) is 4.47. The molecule has 5 heteroatoms. The van der Waals surface area contributed by atoms with Crippen LogP contribution in [-0.2, 0) is 19.1 Å². The molecule has 0 fully saturated rings. The second kappa shape index (κ2) is 5.14. The molecule has 0 spiro atoms. The van der Waals surface area contributed by atoms with Crippen molar-refractivity contribution in [2.45, 2.75) is 25.7 Å². The van der Waals surface area contributed by atoms with Gasteiger partial charge in [-0.25, -0.2) is 0 Å². The number of carbonyl (C=O) groups is 2. The fraction of sp³-hybridized carbons (Fsp3) is 0.778. The fourth-order valence-electron chi connectivity index (χ4n) is 1.16. The van der Waals surface area contributed by atoms with Gasteiger partial charge in [0.2, 0.25) is 0 Å². The number of methoxy groups -OCH3 is 2. The van der Waals surface area contributed by atoms with Crippen LogP contribution in [0.2, 0.25) is 25.7 Å². The summed E-state index contributed by atoms with van der Waals surface area (Å²) in [5.74, 6) is -1.75. The van der Waals surface area contributed by atoms with Crippen LogP contribution >= 0.6 is 0 Å². The van der Waals surface area contributed by atoms with Gasteiger partial charge in [0, 0.05) is 8.07 Å². The molecule has 0 aliphatic heterocycles. The summed E-state index contributed by atoms with van der Waals surface area (Å²) >= 11 is 0. The van der Waals surface area contributed by atoms with E-state index >= 15 is 0 Å². The van der Waals surface area contributed by atoms with Gasteiger partial charge in [0.15, 0.2) is 5.92 Å². The molecule has 0 unspecified atom stereocenters. The van der Waals surface area contributed by atoms with Crippen molar-refractivity contribution in [3.05, 3.63) is 0 Å². The van der Waals surface area contributed by atoms with Gasteiger partial charge < -0.3 is 9.47 Å². The molecule has 0 aromatic carbocycles. The van der Waals surface area contributed by atoms with Crippen molar-refractivity contribution in [1.82, 2.24) is 0 Å². The molecule has 0 amide bonds. The van der Waals surface area contributed by atoms with Gasteiger partial charge in [-0.15, -0.1) is 0 Å². The first-order chi connectivity index (χ1) is 6.31. The predicted octanol–water partition coefficient (Wildman–Crippen LogP) is 1.29. The smallest absolute Gasteiger partial charge is 0.319 e. The van der Waals surface area contributed by atoms with Crippen molar-refractivity contribution >= 4 is 20.0 Å². The second-order valence-electron chi connectivity index (χ2n) is 4.36. The highest BCUT2D eigenvalue weighted by atomic mass is 28.3. The maximum atomic E-state index is 11.3. The van der Waals surface area contributed by atoms with E-state index in [0.29, 0.717) is 6.04 Å². The molecule has 0 aliphatic carbocycles. The van der Waals surface area contributed by atoms with Gasteiger partial charge >= 0.3 is 11.9 Å². The summed E-state index contributed by atoms with van der Waals surface area (Å²) < 4.78 is 9.13. The van der Waals surface area contributed by atoms with Crippen molar-refractivity contribution in [3.8, 4) is 0 Å². The summed E-state index contributed by atoms with van der Waals surface area (Å²) in [6.07, 6.45) is 0. The van der Waals surface area contributed by atoms with E-state index in [-0.39, 0.29) is 0 Å². The molecular weight excluding hydrogens is 200 g/mol. The molecule has 0 saturated carbocycles. The Morgan fingerprint density at radius 1 is 1.07 bits per heavy atom. The molecule has 0 aromatic rings. The SMILES string of the molecule is COC(=O)C(C[Si](C)(C)C)C(=O)OC. The molecule has 0 N–H and O–H groups in total. The minimum absolute atomic E-state index is 0.501. The van der Waals surface area contributed by atoms with Gasteiger partial charge in [-0.2, -0.15) is 0 Å². The minimum Gasteiger partial charge on any atom is -0.468 e. The first-order valence-corrected chi connectivity index (χ1v) is 8.18. The van der Waals surface area contributed by atoms with Gasteiger partial charge in [-0.1, -0.05) is 19.6 Å². The van der Waals surface area contributed by atoms with Gasteiger partial charge in [-0.3, -0.25) is 9.59 Å². The Balaban J connectivity index is 4.57. The average Bonchev–Trinajstić information content (AvgIpc) is 2.10. The lowest BCUT2D eigenvalue weighted by Gasteiger charge is -2.20. The summed E-state index contributed by atoms with van der Waals surface area (Å²) in [5.41, 5.74) is 0. The fourth-order valence-corrected chi connectivity index (χ4v) is 2.72. The zero-order valence-electron chi connectivity index (χ0n) is 9.42. The minimum atomic E-state index is -1.48. The monoisotopic (exact) mass is 218 g/mol. The summed E-state index contributed by atoms with van der Waals surface area (Å²) in [4.78, 5) is 22.6. The molecule has 0 atom stereocenters. The summed E-state index contributed by atoms with van der Waals surface area (Å²) in [6.45, 7) is 6.27. The summed E-state index contributed by atoms with van der Waals surface area (Å²) in [7, 11) is 1.08. The molecule has 0 aliphatic rings. The van der Waals surface area contributed by atoms with Crippen LogP contribution in [0, 0.1) is 5.92 Å². The first kappa shape index (κ1) is 13.2. The van der Waals surface area contributed by atoms with Crippen LogP contribution in [0.1, 0.15) is 0 Å². The Labute approximate surface area is 85.6 Å².